The molecule has 2 heterocycles. The molecule has 0 aliphatic carbocycles. The topological polar surface area (TPSA) is 72.5 Å². The third-order valence-corrected chi connectivity index (χ3v) is 3.46. The molecule has 2 aromatic heterocycles. The fraction of sp³-hybridized carbons (Fsp3) is 0.267. The van der Waals surface area contributed by atoms with E-state index in [2.05, 4.69) is 15.1 Å². The van der Waals surface area contributed by atoms with Crippen LogP contribution >= 0.6 is 0 Å². The van der Waals surface area contributed by atoms with Gasteiger partial charge in [0.1, 0.15) is 11.6 Å². The van der Waals surface area contributed by atoms with Crippen molar-refractivity contribution in [3.63, 3.8) is 0 Å². The van der Waals surface area contributed by atoms with Crippen LogP contribution in [0.1, 0.15) is 17.1 Å². The van der Waals surface area contributed by atoms with Gasteiger partial charge in [0, 0.05) is 0 Å². The molecule has 3 rings (SSSR count). The second kappa shape index (κ2) is 4.73. The summed E-state index contributed by atoms with van der Waals surface area (Å²) in [6.07, 6.45) is 0. The molecule has 0 atom stereocenters. The van der Waals surface area contributed by atoms with Crippen LogP contribution in [0.4, 0.5) is 0 Å². The second-order valence-corrected chi connectivity index (χ2v) is 4.95. The van der Waals surface area contributed by atoms with Crippen molar-refractivity contribution in [1.82, 2.24) is 19.6 Å². The summed E-state index contributed by atoms with van der Waals surface area (Å²) in [5.41, 5.74) is 4.36. The van der Waals surface area contributed by atoms with Crippen LogP contribution in [0.25, 0.3) is 16.8 Å². The number of aromatic nitrogens is 4. The van der Waals surface area contributed by atoms with Gasteiger partial charge in [-0.1, -0.05) is 6.07 Å². The first-order chi connectivity index (χ1) is 10.0. The van der Waals surface area contributed by atoms with Crippen LogP contribution in [0.3, 0.4) is 0 Å². The van der Waals surface area contributed by atoms with Crippen molar-refractivity contribution < 1.29 is 9.84 Å². The lowest BCUT2D eigenvalue weighted by Crippen LogP contribution is -1.98. The first-order valence-electron chi connectivity index (χ1n) is 6.59. The average Bonchev–Trinajstić information content (AvgIpc) is 2.75. The largest absolute Gasteiger partial charge is 0.497 e. The van der Waals surface area contributed by atoms with Gasteiger partial charge in [0.05, 0.1) is 18.4 Å². The summed E-state index contributed by atoms with van der Waals surface area (Å²) in [4.78, 5) is 8.34. The van der Waals surface area contributed by atoms with Gasteiger partial charge in [-0.25, -0.2) is 4.98 Å². The molecule has 0 saturated heterocycles. The molecule has 0 fully saturated rings. The van der Waals surface area contributed by atoms with Gasteiger partial charge in [0.2, 0.25) is 0 Å². The quantitative estimate of drug-likeness (QED) is 0.782. The minimum absolute atomic E-state index is 0.155. The van der Waals surface area contributed by atoms with Gasteiger partial charge in [-0.2, -0.15) is 14.6 Å². The third-order valence-electron chi connectivity index (χ3n) is 3.46. The van der Waals surface area contributed by atoms with E-state index in [1.165, 1.54) is 4.52 Å². The first-order valence-corrected chi connectivity index (χ1v) is 6.59. The molecule has 0 radical (unpaired) electrons. The Morgan fingerprint density at radius 1 is 1.14 bits per heavy atom. The summed E-state index contributed by atoms with van der Waals surface area (Å²) in [6.45, 7) is 5.64. The molecule has 0 amide bonds. The Labute approximate surface area is 122 Å². The fourth-order valence-electron chi connectivity index (χ4n) is 2.49. The highest BCUT2D eigenvalue weighted by Gasteiger charge is 2.18. The minimum Gasteiger partial charge on any atom is -0.497 e. The number of aryl methyl sites for hydroxylation is 3. The van der Waals surface area contributed by atoms with Crippen LogP contribution in [0, 0.1) is 20.8 Å². The number of hydrogen-bond donors (Lipinski definition) is 1. The van der Waals surface area contributed by atoms with E-state index in [9.17, 15) is 5.11 Å². The van der Waals surface area contributed by atoms with Gasteiger partial charge in [0.15, 0.2) is 5.65 Å². The van der Waals surface area contributed by atoms with E-state index in [0.29, 0.717) is 11.5 Å². The van der Waals surface area contributed by atoms with Crippen LogP contribution in [0.15, 0.2) is 18.2 Å². The van der Waals surface area contributed by atoms with Crippen molar-refractivity contribution in [1.29, 1.82) is 0 Å². The molecular weight excluding hydrogens is 268 g/mol. The van der Waals surface area contributed by atoms with E-state index in [0.717, 1.165) is 28.1 Å². The lowest BCUT2D eigenvalue weighted by Gasteiger charge is -2.08. The Bertz CT molecular complexity index is 839. The maximum atomic E-state index is 9.92. The predicted molar refractivity (Wildman–Crippen MR) is 78.6 cm³/mol. The number of aromatic hydroxyl groups is 1. The molecule has 1 aromatic carbocycles. The van der Waals surface area contributed by atoms with Crippen LogP contribution in [0.5, 0.6) is 11.8 Å². The van der Waals surface area contributed by atoms with E-state index in [1.807, 2.05) is 32.0 Å². The smallest absolute Gasteiger partial charge is 0.318 e. The molecule has 0 saturated carbocycles. The number of ether oxygens (including phenoxy) is 1. The summed E-state index contributed by atoms with van der Waals surface area (Å²) < 4.78 is 6.60. The monoisotopic (exact) mass is 284 g/mol. The molecule has 1 N–H and O–H groups in total. The van der Waals surface area contributed by atoms with Gasteiger partial charge in [-0.3, -0.25) is 0 Å². The molecule has 21 heavy (non-hydrogen) atoms. The highest BCUT2D eigenvalue weighted by molar-refractivity contribution is 5.82. The molecule has 3 aromatic rings. The van der Waals surface area contributed by atoms with Crippen molar-refractivity contribution in [3.05, 3.63) is 35.3 Å². The zero-order valence-electron chi connectivity index (χ0n) is 12.4. The summed E-state index contributed by atoms with van der Waals surface area (Å²) >= 11 is 0. The summed E-state index contributed by atoms with van der Waals surface area (Å²) in [5, 5.41) is 14.2. The standard InChI is InChI=1S/C15H16N4O2/c1-8-7-11(21-4)5-6-12(8)13-9(2)18-19-14(13)16-10(3)17-15(19)20/h5-7H,1-4H3,(H,16,17,20). The SMILES string of the molecule is COc1ccc(-c2c(C)nn3c(O)nc(C)nc23)c(C)c1. The van der Waals surface area contributed by atoms with E-state index in [-0.39, 0.29) is 6.01 Å². The van der Waals surface area contributed by atoms with Crippen LogP contribution in [0.2, 0.25) is 0 Å². The number of benzene rings is 1. The number of rotatable bonds is 2. The van der Waals surface area contributed by atoms with Crippen LogP contribution < -0.4 is 4.74 Å². The van der Waals surface area contributed by atoms with Crippen molar-refractivity contribution in [2.75, 3.05) is 7.11 Å². The molecule has 108 valence electrons. The van der Waals surface area contributed by atoms with Crippen LogP contribution in [-0.2, 0) is 0 Å². The molecule has 0 bridgehead atoms. The van der Waals surface area contributed by atoms with Gasteiger partial charge in [-0.15, -0.1) is 0 Å². The van der Waals surface area contributed by atoms with Crippen molar-refractivity contribution >= 4 is 5.65 Å². The summed E-state index contributed by atoms with van der Waals surface area (Å²) in [5.74, 6) is 1.31. The normalized spacial score (nSPS) is 11.0. The lowest BCUT2D eigenvalue weighted by atomic mass is 10.0. The van der Waals surface area contributed by atoms with Crippen molar-refractivity contribution in [3.8, 4) is 22.9 Å². The van der Waals surface area contributed by atoms with Gasteiger partial charge >= 0.3 is 6.01 Å². The number of hydrogen-bond acceptors (Lipinski definition) is 5. The Balaban J connectivity index is 2.32. The molecule has 0 aliphatic rings. The zero-order valence-corrected chi connectivity index (χ0v) is 12.4. The van der Waals surface area contributed by atoms with Crippen molar-refractivity contribution in [2.24, 2.45) is 0 Å². The van der Waals surface area contributed by atoms with E-state index >= 15 is 0 Å². The zero-order chi connectivity index (χ0) is 15.1. The predicted octanol–water partition coefficient (Wildman–Crippen LogP) is 2.43. The Kier molecular flexibility index (Phi) is 3.01. The number of nitrogens with zero attached hydrogens (tertiary/aromatic N) is 4. The number of methoxy groups -OCH3 is 1. The maximum absolute atomic E-state index is 9.92. The highest BCUT2D eigenvalue weighted by atomic mass is 16.5. The molecule has 0 unspecified atom stereocenters. The van der Waals surface area contributed by atoms with Gasteiger partial charge < -0.3 is 9.84 Å². The summed E-state index contributed by atoms with van der Waals surface area (Å²) in [6, 6.07) is 5.69. The Morgan fingerprint density at radius 2 is 1.90 bits per heavy atom. The van der Waals surface area contributed by atoms with E-state index in [4.69, 9.17) is 4.74 Å². The molecule has 0 spiro atoms. The van der Waals surface area contributed by atoms with Crippen molar-refractivity contribution in [2.45, 2.75) is 20.8 Å². The third kappa shape index (κ3) is 2.08. The molecule has 0 aliphatic heterocycles. The van der Waals surface area contributed by atoms with E-state index < -0.39 is 0 Å². The summed E-state index contributed by atoms with van der Waals surface area (Å²) in [7, 11) is 1.64. The van der Waals surface area contributed by atoms with Gasteiger partial charge in [-0.05, 0) is 44.0 Å². The van der Waals surface area contributed by atoms with Crippen LogP contribution in [-0.4, -0.2) is 31.8 Å². The van der Waals surface area contributed by atoms with E-state index in [1.54, 1.807) is 14.0 Å². The van der Waals surface area contributed by atoms with Gasteiger partial charge in [0.25, 0.3) is 0 Å². The maximum Gasteiger partial charge on any atom is 0.318 e. The fourth-order valence-corrected chi connectivity index (χ4v) is 2.49. The first kappa shape index (κ1) is 13.4. The molecular formula is C15H16N4O2. The molecule has 6 heteroatoms. The Morgan fingerprint density at radius 3 is 2.57 bits per heavy atom. The molecule has 6 nitrogen and oxygen atoms in total. The average molecular weight is 284 g/mol. The number of fused-ring (bicyclic) bond motifs is 1. The minimum atomic E-state index is -0.155. The lowest BCUT2D eigenvalue weighted by molar-refractivity contribution is 0.408. The Hall–Kier alpha value is -2.63. The second-order valence-electron chi connectivity index (χ2n) is 4.95. The highest BCUT2D eigenvalue weighted by Crippen LogP contribution is 2.32.